The van der Waals surface area contributed by atoms with E-state index < -0.39 is 10.0 Å². The lowest BCUT2D eigenvalue weighted by Crippen LogP contribution is -2.32. The Morgan fingerprint density at radius 2 is 1.74 bits per heavy atom. The lowest BCUT2D eigenvalue weighted by atomic mass is 10.2. The second kappa shape index (κ2) is 10.9. The van der Waals surface area contributed by atoms with Gasteiger partial charge in [0.25, 0.3) is 15.9 Å². The molecule has 34 heavy (non-hydrogen) atoms. The summed E-state index contributed by atoms with van der Waals surface area (Å²) in [4.78, 5) is 16.7. The molecule has 0 aliphatic rings. The van der Waals surface area contributed by atoms with Crippen LogP contribution in [0.15, 0.2) is 65.7 Å². The predicted molar refractivity (Wildman–Crippen MR) is 128 cm³/mol. The average Bonchev–Trinajstić information content (AvgIpc) is 2.84. The number of carbonyl (C=O) groups is 1. The first-order valence-electron chi connectivity index (χ1n) is 10.6. The third-order valence-electron chi connectivity index (χ3n) is 4.99. The summed E-state index contributed by atoms with van der Waals surface area (Å²) in [5.41, 5.74) is 0.616. The number of methoxy groups -OCH3 is 2. The molecule has 9 nitrogen and oxygen atoms in total. The summed E-state index contributed by atoms with van der Waals surface area (Å²) in [6, 6.07) is 14.0. The molecule has 0 bridgehead atoms. The number of sulfonamides is 1. The van der Waals surface area contributed by atoms with Gasteiger partial charge in [-0.25, -0.2) is 13.4 Å². The van der Waals surface area contributed by atoms with Gasteiger partial charge in [0.2, 0.25) is 5.88 Å². The topological polar surface area (TPSA) is 116 Å². The Labute approximate surface area is 199 Å². The smallest absolute Gasteiger partial charge is 0.265 e. The fraction of sp³-hybridized carbons (Fsp3) is 0.250. The van der Waals surface area contributed by atoms with Crippen LogP contribution in [0.4, 0.5) is 5.69 Å². The third kappa shape index (κ3) is 5.96. The standard InChI is InChI=1S/C24H27N3O6S/c1-5-16(2)26-23(28)20-7-6-14-25-24(20)33-18-10-8-17(9-11-18)27-34(29,30)22-15-19(31-3)12-13-21(22)32-4/h6-16,27H,5H2,1-4H3,(H,26,28)/t16-/m1/s1. The molecule has 0 aliphatic carbocycles. The molecular formula is C24H27N3O6S. The number of aromatic nitrogens is 1. The SMILES string of the molecule is CC[C@@H](C)NC(=O)c1cccnc1Oc1ccc(NS(=O)(=O)c2cc(OC)ccc2OC)cc1. The Morgan fingerprint density at radius 3 is 2.38 bits per heavy atom. The number of amides is 1. The van der Waals surface area contributed by atoms with Gasteiger partial charge in [-0.05, 0) is 61.9 Å². The summed E-state index contributed by atoms with van der Waals surface area (Å²) in [7, 11) is -1.11. The van der Waals surface area contributed by atoms with E-state index in [1.165, 1.54) is 32.5 Å². The van der Waals surface area contributed by atoms with Crippen molar-refractivity contribution in [2.24, 2.45) is 0 Å². The number of ether oxygens (including phenoxy) is 3. The number of nitrogens with one attached hydrogen (secondary N) is 2. The summed E-state index contributed by atoms with van der Waals surface area (Å²) in [5, 5.41) is 2.89. The Hall–Kier alpha value is -3.79. The van der Waals surface area contributed by atoms with E-state index in [1.807, 2.05) is 13.8 Å². The fourth-order valence-corrected chi connectivity index (χ4v) is 4.20. The van der Waals surface area contributed by atoms with Gasteiger partial charge in [-0.3, -0.25) is 9.52 Å². The van der Waals surface area contributed by atoms with Crippen LogP contribution < -0.4 is 24.2 Å². The number of anilines is 1. The van der Waals surface area contributed by atoms with Gasteiger partial charge < -0.3 is 19.5 Å². The number of rotatable bonds is 10. The maximum absolute atomic E-state index is 12.9. The highest BCUT2D eigenvalue weighted by atomic mass is 32.2. The molecule has 0 saturated carbocycles. The lowest BCUT2D eigenvalue weighted by molar-refractivity contribution is 0.0936. The van der Waals surface area contributed by atoms with E-state index in [0.717, 1.165) is 6.42 Å². The van der Waals surface area contributed by atoms with E-state index in [1.54, 1.807) is 42.5 Å². The van der Waals surface area contributed by atoms with Crippen molar-refractivity contribution >= 4 is 21.6 Å². The van der Waals surface area contributed by atoms with Crippen LogP contribution >= 0.6 is 0 Å². The van der Waals surface area contributed by atoms with Crippen LogP contribution in [-0.2, 0) is 10.0 Å². The first-order chi connectivity index (χ1) is 16.3. The molecule has 0 radical (unpaired) electrons. The lowest BCUT2D eigenvalue weighted by Gasteiger charge is -2.14. The van der Waals surface area contributed by atoms with Crippen molar-refractivity contribution < 1.29 is 27.4 Å². The van der Waals surface area contributed by atoms with Crippen molar-refractivity contribution in [1.29, 1.82) is 0 Å². The number of nitrogens with zero attached hydrogens (tertiary/aromatic N) is 1. The van der Waals surface area contributed by atoms with Crippen LogP contribution in [0, 0.1) is 0 Å². The van der Waals surface area contributed by atoms with Crippen molar-refractivity contribution in [1.82, 2.24) is 10.3 Å². The number of hydrogen-bond donors (Lipinski definition) is 2. The highest BCUT2D eigenvalue weighted by Gasteiger charge is 2.21. The largest absolute Gasteiger partial charge is 0.497 e. The van der Waals surface area contributed by atoms with Crippen molar-refractivity contribution in [2.45, 2.75) is 31.2 Å². The normalized spacial score (nSPS) is 11.9. The molecule has 3 rings (SSSR count). The molecule has 1 atom stereocenters. The second-order valence-electron chi connectivity index (χ2n) is 7.39. The zero-order chi connectivity index (χ0) is 24.7. The second-order valence-corrected chi connectivity index (χ2v) is 9.04. The first-order valence-corrected chi connectivity index (χ1v) is 12.0. The maximum Gasteiger partial charge on any atom is 0.265 e. The van der Waals surface area contributed by atoms with Crippen molar-refractivity contribution in [3.63, 3.8) is 0 Å². The van der Waals surface area contributed by atoms with E-state index in [0.29, 0.717) is 22.7 Å². The maximum atomic E-state index is 12.9. The number of carbonyl (C=O) groups excluding carboxylic acids is 1. The van der Waals surface area contributed by atoms with Crippen LogP contribution in [0.25, 0.3) is 0 Å². The third-order valence-corrected chi connectivity index (χ3v) is 6.39. The van der Waals surface area contributed by atoms with Crippen LogP contribution in [0.2, 0.25) is 0 Å². The summed E-state index contributed by atoms with van der Waals surface area (Å²) in [6.07, 6.45) is 2.32. The molecule has 1 heterocycles. The summed E-state index contributed by atoms with van der Waals surface area (Å²) < 4.78 is 44.5. The van der Waals surface area contributed by atoms with E-state index >= 15 is 0 Å². The summed E-state index contributed by atoms with van der Waals surface area (Å²) in [5.74, 6) is 0.824. The zero-order valence-corrected chi connectivity index (χ0v) is 20.2. The van der Waals surface area contributed by atoms with Crippen molar-refractivity contribution in [3.8, 4) is 23.1 Å². The first kappa shape index (κ1) is 24.8. The number of pyridine rings is 1. The molecule has 2 aromatic carbocycles. The minimum Gasteiger partial charge on any atom is -0.497 e. The monoisotopic (exact) mass is 485 g/mol. The van der Waals surface area contributed by atoms with Gasteiger partial charge in [-0.1, -0.05) is 6.92 Å². The van der Waals surface area contributed by atoms with Crippen LogP contribution in [0.5, 0.6) is 23.1 Å². The Morgan fingerprint density at radius 1 is 1.03 bits per heavy atom. The molecule has 1 amide bonds. The molecule has 0 saturated heterocycles. The molecule has 0 unspecified atom stereocenters. The Bertz CT molecular complexity index is 1250. The van der Waals surface area contributed by atoms with Crippen LogP contribution in [-0.4, -0.2) is 39.6 Å². The molecule has 0 spiro atoms. The number of benzene rings is 2. The molecule has 3 aromatic rings. The van der Waals surface area contributed by atoms with Gasteiger partial charge in [0.05, 0.1) is 14.2 Å². The van der Waals surface area contributed by atoms with Crippen LogP contribution in [0.1, 0.15) is 30.6 Å². The van der Waals surface area contributed by atoms with Crippen LogP contribution in [0.3, 0.4) is 0 Å². The van der Waals surface area contributed by atoms with Crippen molar-refractivity contribution in [3.05, 3.63) is 66.4 Å². The quantitative estimate of drug-likeness (QED) is 0.442. The zero-order valence-electron chi connectivity index (χ0n) is 19.4. The molecule has 1 aromatic heterocycles. The molecule has 180 valence electrons. The molecule has 0 aliphatic heterocycles. The Kier molecular flexibility index (Phi) is 7.95. The molecule has 10 heteroatoms. The van der Waals surface area contributed by atoms with Gasteiger partial charge in [-0.15, -0.1) is 0 Å². The minimum absolute atomic E-state index is 0.0102. The summed E-state index contributed by atoms with van der Waals surface area (Å²) >= 11 is 0. The highest BCUT2D eigenvalue weighted by Crippen LogP contribution is 2.30. The van der Waals surface area contributed by atoms with E-state index in [4.69, 9.17) is 14.2 Å². The van der Waals surface area contributed by atoms with E-state index in [-0.39, 0.29) is 28.5 Å². The molecular weight excluding hydrogens is 458 g/mol. The predicted octanol–water partition coefficient (Wildman–Crippen LogP) is 4.22. The summed E-state index contributed by atoms with van der Waals surface area (Å²) in [6.45, 7) is 3.89. The van der Waals surface area contributed by atoms with Gasteiger partial charge in [0.15, 0.2) is 0 Å². The van der Waals surface area contributed by atoms with Gasteiger partial charge in [-0.2, -0.15) is 0 Å². The average molecular weight is 486 g/mol. The molecule has 2 N–H and O–H groups in total. The number of hydrogen-bond acceptors (Lipinski definition) is 7. The van der Waals surface area contributed by atoms with Gasteiger partial charge >= 0.3 is 0 Å². The highest BCUT2D eigenvalue weighted by molar-refractivity contribution is 7.92. The van der Waals surface area contributed by atoms with E-state index in [9.17, 15) is 13.2 Å². The van der Waals surface area contributed by atoms with Gasteiger partial charge in [0, 0.05) is 24.0 Å². The molecule has 0 fully saturated rings. The van der Waals surface area contributed by atoms with Crippen molar-refractivity contribution in [2.75, 3.05) is 18.9 Å². The fourth-order valence-electron chi connectivity index (χ4n) is 2.96. The van der Waals surface area contributed by atoms with Gasteiger partial charge in [0.1, 0.15) is 27.7 Å². The minimum atomic E-state index is -3.95. The Balaban J connectivity index is 1.78. The van der Waals surface area contributed by atoms with E-state index in [2.05, 4.69) is 15.0 Å².